The molecule has 0 aliphatic rings. The molecule has 90 valence electrons. The Morgan fingerprint density at radius 3 is 2.82 bits per heavy atom. The Kier molecular flexibility index (Phi) is 3.93. The average molecular weight is 241 g/mol. The quantitative estimate of drug-likeness (QED) is 0.803. The molecule has 0 unspecified atom stereocenters. The van der Waals surface area contributed by atoms with Gasteiger partial charge in [0.1, 0.15) is 11.8 Å². The number of hydrogen-bond donors (Lipinski definition) is 1. The first-order valence-corrected chi connectivity index (χ1v) is 4.53. The molecule has 1 rings (SSSR count). The monoisotopic (exact) mass is 241 g/mol. The molecule has 2 N–H and O–H groups in total. The smallest absolute Gasteiger partial charge is 0.310 e. The molecule has 0 aliphatic heterocycles. The van der Waals surface area contributed by atoms with E-state index in [0.717, 1.165) is 6.20 Å². The number of nitrogens with two attached hydrogens (primary N) is 1. The van der Waals surface area contributed by atoms with Gasteiger partial charge in [0.2, 0.25) is 0 Å². The summed E-state index contributed by atoms with van der Waals surface area (Å²) in [5.41, 5.74) is 4.34. The molecule has 0 radical (unpaired) electrons. The van der Waals surface area contributed by atoms with Crippen LogP contribution < -0.4 is 5.73 Å². The number of halogens is 2. The first-order valence-electron chi connectivity index (χ1n) is 4.53. The van der Waals surface area contributed by atoms with Crippen LogP contribution in [0, 0.1) is 11.3 Å². The number of carbonyl (C=O) groups is 1. The minimum atomic E-state index is -2.87. The van der Waals surface area contributed by atoms with Gasteiger partial charge in [0.25, 0.3) is 6.43 Å². The van der Waals surface area contributed by atoms with Crippen LogP contribution in [0.25, 0.3) is 0 Å². The van der Waals surface area contributed by atoms with Crippen LogP contribution >= 0.6 is 0 Å². The number of methoxy groups -OCH3 is 1. The summed E-state index contributed by atoms with van der Waals surface area (Å²) in [6.45, 7) is 0. The van der Waals surface area contributed by atoms with Crippen LogP contribution in [0.1, 0.15) is 23.2 Å². The maximum Gasteiger partial charge on any atom is 0.310 e. The molecule has 0 bridgehead atoms. The number of ether oxygens (including phenoxy) is 1. The zero-order chi connectivity index (χ0) is 13.0. The number of alkyl halides is 2. The first kappa shape index (κ1) is 12.8. The summed E-state index contributed by atoms with van der Waals surface area (Å²) < 4.78 is 29.3. The molecule has 0 aliphatic carbocycles. The maximum absolute atomic E-state index is 12.5. The number of aromatic nitrogens is 1. The Hall–Kier alpha value is -2.23. The molecule has 0 amide bonds. The van der Waals surface area contributed by atoms with E-state index in [2.05, 4.69) is 9.72 Å². The zero-order valence-electron chi connectivity index (χ0n) is 8.91. The molecule has 0 spiro atoms. The van der Waals surface area contributed by atoms with Gasteiger partial charge >= 0.3 is 5.97 Å². The Morgan fingerprint density at radius 1 is 1.71 bits per heavy atom. The van der Waals surface area contributed by atoms with E-state index in [9.17, 15) is 13.6 Å². The SMILES string of the molecule is COC(=O)Cc1cnc(C(F)F)c(N)c1C#N. The van der Waals surface area contributed by atoms with Crippen molar-refractivity contribution in [3.63, 3.8) is 0 Å². The number of pyridine rings is 1. The summed E-state index contributed by atoms with van der Waals surface area (Å²) in [6.07, 6.45) is -2.07. The molecule has 17 heavy (non-hydrogen) atoms. The van der Waals surface area contributed by atoms with Gasteiger partial charge in [0.15, 0.2) is 0 Å². The predicted molar refractivity (Wildman–Crippen MR) is 54.0 cm³/mol. The fourth-order valence-electron chi connectivity index (χ4n) is 1.25. The molecule has 0 saturated heterocycles. The van der Waals surface area contributed by atoms with Crippen molar-refractivity contribution < 1.29 is 18.3 Å². The van der Waals surface area contributed by atoms with E-state index in [-0.39, 0.29) is 17.5 Å². The summed E-state index contributed by atoms with van der Waals surface area (Å²) in [7, 11) is 1.18. The minimum absolute atomic E-state index is 0.166. The van der Waals surface area contributed by atoms with Gasteiger partial charge in [0, 0.05) is 11.8 Å². The van der Waals surface area contributed by atoms with Crippen LogP contribution in [0.15, 0.2) is 6.20 Å². The Labute approximate surface area is 95.8 Å². The molecule has 1 aromatic rings. The molecular formula is C10H9F2N3O2. The normalized spacial score (nSPS) is 10.1. The van der Waals surface area contributed by atoms with Gasteiger partial charge < -0.3 is 10.5 Å². The standard InChI is InChI=1S/C10H9F2N3O2/c1-17-7(16)2-5-4-15-9(10(11)12)8(14)6(5)3-13/h4,10H,2,14H2,1H3. The van der Waals surface area contributed by atoms with Gasteiger partial charge in [-0.25, -0.2) is 8.78 Å². The summed E-state index contributed by atoms with van der Waals surface area (Å²) in [5.74, 6) is -0.604. The van der Waals surface area contributed by atoms with Crippen molar-refractivity contribution in [1.29, 1.82) is 5.26 Å². The van der Waals surface area contributed by atoms with Crippen LogP contribution in [0.4, 0.5) is 14.5 Å². The number of anilines is 1. The minimum Gasteiger partial charge on any atom is -0.469 e. The van der Waals surface area contributed by atoms with Crippen molar-refractivity contribution in [3.8, 4) is 6.07 Å². The van der Waals surface area contributed by atoms with E-state index in [1.54, 1.807) is 6.07 Å². The molecule has 5 nitrogen and oxygen atoms in total. The highest BCUT2D eigenvalue weighted by Gasteiger charge is 2.20. The molecule has 1 aromatic heterocycles. The molecule has 0 atom stereocenters. The topological polar surface area (TPSA) is 89.0 Å². The largest absolute Gasteiger partial charge is 0.469 e. The molecule has 0 aromatic carbocycles. The number of rotatable bonds is 3. The van der Waals surface area contributed by atoms with Crippen molar-refractivity contribution >= 4 is 11.7 Å². The second-order valence-electron chi connectivity index (χ2n) is 3.12. The third kappa shape index (κ3) is 2.66. The maximum atomic E-state index is 12.5. The molecule has 0 fully saturated rings. The molecular weight excluding hydrogens is 232 g/mol. The highest BCUT2D eigenvalue weighted by molar-refractivity contribution is 5.75. The van der Waals surface area contributed by atoms with Crippen molar-refractivity contribution in [2.24, 2.45) is 0 Å². The van der Waals surface area contributed by atoms with E-state index in [0.29, 0.717) is 0 Å². The highest BCUT2D eigenvalue weighted by Crippen LogP contribution is 2.27. The third-order valence-corrected chi connectivity index (χ3v) is 2.11. The van der Waals surface area contributed by atoms with E-state index in [1.807, 2.05) is 0 Å². The van der Waals surface area contributed by atoms with E-state index in [1.165, 1.54) is 7.11 Å². The van der Waals surface area contributed by atoms with Gasteiger partial charge in [-0.15, -0.1) is 0 Å². The van der Waals surface area contributed by atoms with Crippen molar-refractivity contribution in [2.45, 2.75) is 12.8 Å². The fraction of sp³-hybridized carbons (Fsp3) is 0.300. The lowest BCUT2D eigenvalue weighted by molar-refractivity contribution is -0.139. The van der Waals surface area contributed by atoms with Crippen LogP contribution in [-0.4, -0.2) is 18.1 Å². The lowest BCUT2D eigenvalue weighted by Gasteiger charge is -2.09. The predicted octanol–water partition coefficient (Wildman–Crippen LogP) is 1.19. The summed E-state index contributed by atoms with van der Waals surface area (Å²) >= 11 is 0. The second-order valence-corrected chi connectivity index (χ2v) is 3.12. The Bertz CT molecular complexity index is 483. The zero-order valence-corrected chi connectivity index (χ0v) is 8.91. The Morgan fingerprint density at radius 2 is 2.35 bits per heavy atom. The van der Waals surface area contributed by atoms with E-state index >= 15 is 0 Å². The van der Waals surface area contributed by atoms with Crippen molar-refractivity contribution in [2.75, 3.05) is 12.8 Å². The molecule has 0 saturated carbocycles. The number of carbonyl (C=O) groups excluding carboxylic acids is 1. The highest BCUT2D eigenvalue weighted by atomic mass is 19.3. The third-order valence-electron chi connectivity index (χ3n) is 2.11. The number of nitrogens with zero attached hydrogens (tertiary/aromatic N) is 2. The van der Waals surface area contributed by atoms with Gasteiger partial charge in [-0.05, 0) is 0 Å². The van der Waals surface area contributed by atoms with Crippen LogP contribution in [-0.2, 0) is 16.0 Å². The van der Waals surface area contributed by atoms with E-state index in [4.69, 9.17) is 11.0 Å². The van der Waals surface area contributed by atoms with Gasteiger partial charge in [0.05, 0.1) is 24.8 Å². The Balaban J connectivity index is 3.22. The van der Waals surface area contributed by atoms with Gasteiger partial charge in [-0.1, -0.05) is 0 Å². The summed E-state index contributed by atoms with van der Waals surface area (Å²) in [6, 6.07) is 1.68. The number of hydrogen-bond acceptors (Lipinski definition) is 5. The van der Waals surface area contributed by atoms with Crippen LogP contribution in [0.5, 0.6) is 0 Å². The molecule has 1 heterocycles. The van der Waals surface area contributed by atoms with Crippen molar-refractivity contribution in [1.82, 2.24) is 4.98 Å². The number of nitrogen functional groups attached to an aromatic ring is 1. The van der Waals surface area contributed by atoms with E-state index < -0.39 is 23.8 Å². The van der Waals surface area contributed by atoms with Gasteiger partial charge in [-0.2, -0.15) is 5.26 Å². The molecule has 7 heteroatoms. The first-order chi connectivity index (χ1) is 8.01. The number of esters is 1. The van der Waals surface area contributed by atoms with Crippen LogP contribution in [0.2, 0.25) is 0 Å². The lowest BCUT2D eigenvalue weighted by atomic mass is 10.1. The lowest BCUT2D eigenvalue weighted by Crippen LogP contribution is -2.10. The average Bonchev–Trinajstić information content (AvgIpc) is 2.28. The van der Waals surface area contributed by atoms with Crippen LogP contribution in [0.3, 0.4) is 0 Å². The second kappa shape index (κ2) is 5.21. The van der Waals surface area contributed by atoms with Crippen molar-refractivity contribution in [3.05, 3.63) is 23.0 Å². The number of nitriles is 1. The van der Waals surface area contributed by atoms with Gasteiger partial charge in [-0.3, -0.25) is 9.78 Å². The summed E-state index contributed by atoms with van der Waals surface area (Å²) in [4.78, 5) is 14.5. The fourth-order valence-corrected chi connectivity index (χ4v) is 1.25. The summed E-state index contributed by atoms with van der Waals surface area (Å²) in [5, 5.41) is 8.84.